The van der Waals surface area contributed by atoms with Crippen LogP contribution in [0.5, 0.6) is 5.75 Å². The van der Waals surface area contributed by atoms with Gasteiger partial charge in [-0.2, -0.15) is 0 Å². The number of fused-ring (bicyclic) bond motifs is 1. The van der Waals surface area contributed by atoms with Gasteiger partial charge in [0.25, 0.3) is 0 Å². The van der Waals surface area contributed by atoms with Crippen LogP contribution < -0.4 is 9.64 Å². The summed E-state index contributed by atoms with van der Waals surface area (Å²) in [5.41, 5.74) is 5.04. The van der Waals surface area contributed by atoms with Gasteiger partial charge in [0.15, 0.2) is 5.13 Å². The molecule has 2 saturated heterocycles. The normalized spacial score (nSPS) is 21.7. The molecule has 2 fully saturated rings. The first-order chi connectivity index (χ1) is 19.9. The number of benzene rings is 2. The van der Waals surface area contributed by atoms with Gasteiger partial charge in [0.05, 0.1) is 37.0 Å². The average Bonchev–Trinajstić information content (AvgIpc) is 3.34. The lowest BCUT2D eigenvalue weighted by atomic mass is 9.94. The molecule has 1 aromatic heterocycles. The number of ether oxygens (including phenoxy) is 3. The molecule has 0 amide bonds. The number of anilines is 1. The van der Waals surface area contributed by atoms with E-state index < -0.39 is 18.0 Å². The molecule has 4 heterocycles. The van der Waals surface area contributed by atoms with Crippen LogP contribution in [0.1, 0.15) is 28.7 Å². The van der Waals surface area contributed by atoms with Crippen LogP contribution in [0.25, 0.3) is 11.3 Å². The SMILES string of the molecule is CO[C@@H]1CN(c2nc(-c3cccc(C)c3OCc3ccc4c(c3F)CCN(C3COC3)CC4)cs2)CC[C@@H]1C(=O)O. The number of carbonyl (C=O) groups is 1. The minimum atomic E-state index is -0.825. The maximum Gasteiger partial charge on any atom is 0.309 e. The Hall–Kier alpha value is -3.05. The van der Waals surface area contributed by atoms with Gasteiger partial charge < -0.3 is 24.2 Å². The topological polar surface area (TPSA) is 84.4 Å². The van der Waals surface area contributed by atoms with Gasteiger partial charge in [0.1, 0.15) is 18.2 Å². The molecular formula is C31H36FN3O5S. The highest BCUT2D eigenvalue weighted by molar-refractivity contribution is 7.14. The second kappa shape index (κ2) is 12.1. The van der Waals surface area contributed by atoms with Crippen LogP contribution in [-0.2, 0) is 33.7 Å². The fraction of sp³-hybridized carbons (Fsp3) is 0.484. The molecule has 0 spiro atoms. The number of rotatable bonds is 8. The Kier molecular flexibility index (Phi) is 8.26. The van der Waals surface area contributed by atoms with Crippen molar-refractivity contribution in [1.82, 2.24) is 9.88 Å². The second-order valence-electron chi connectivity index (χ2n) is 11.1. The third kappa shape index (κ3) is 5.70. The van der Waals surface area contributed by atoms with Crippen molar-refractivity contribution in [2.45, 2.75) is 44.9 Å². The van der Waals surface area contributed by atoms with E-state index in [0.717, 1.165) is 65.8 Å². The first-order valence-electron chi connectivity index (χ1n) is 14.2. The van der Waals surface area contributed by atoms with Gasteiger partial charge in [-0.1, -0.05) is 24.3 Å². The number of carboxylic acids is 1. The van der Waals surface area contributed by atoms with E-state index in [1.54, 1.807) is 7.11 Å². The number of hydrogen-bond donors (Lipinski definition) is 1. The summed E-state index contributed by atoms with van der Waals surface area (Å²) in [5, 5.41) is 12.3. The number of para-hydroxylation sites is 1. The highest BCUT2D eigenvalue weighted by atomic mass is 32.1. The first kappa shape index (κ1) is 28.1. The number of aliphatic carboxylic acids is 1. The van der Waals surface area contributed by atoms with Crippen LogP contribution in [0.15, 0.2) is 35.7 Å². The molecule has 41 heavy (non-hydrogen) atoms. The number of methoxy groups -OCH3 is 1. The van der Waals surface area contributed by atoms with Gasteiger partial charge in [-0.05, 0) is 48.9 Å². The lowest BCUT2D eigenvalue weighted by Crippen LogP contribution is -2.49. The molecule has 2 aromatic carbocycles. The Balaban J connectivity index is 1.18. The van der Waals surface area contributed by atoms with E-state index in [-0.39, 0.29) is 12.4 Å². The summed E-state index contributed by atoms with van der Waals surface area (Å²) < 4.78 is 32.9. The highest BCUT2D eigenvalue weighted by Crippen LogP contribution is 2.37. The number of nitrogens with zero attached hydrogens (tertiary/aromatic N) is 3. The summed E-state index contributed by atoms with van der Waals surface area (Å²) in [6.07, 6.45) is 1.64. The predicted octanol–water partition coefficient (Wildman–Crippen LogP) is 4.56. The van der Waals surface area contributed by atoms with Crippen LogP contribution in [0.4, 0.5) is 9.52 Å². The van der Waals surface area contributed by atoms with E-state index >= 15 is 4.39 Å². The van der Waals surface area contributed by atoms with Crippen LogP contribution in [0, 0.1) is 18.7 Å². The summed E-state index contributed by atoms with van der Waals surface area (Å²) >= 11 is 1.51. The van der Waals surface area contributed by atoms with Gasteiger partial charge in [0.2, 0.25) is 0 Å². The molecule has 3 aliphatic rings. The van der Waals surface area contributed by atoms with Crippen LogP contribution in [-0.4, -0.2) is 79.6 Å². The van der Waals surface area contributed by atoms with Crippen LogP contribution in [0.3, 0.4) is 0 Å². The van der Waals surface area contributed by atoms with E-state index in [4.69, 9.17) is 19.2 Å². The molecule has 218 valence electrons. The minimum Gasteiger partial charge on any atom is -0.488 e. The molecule has 0 saturated carbocycles. The Bertz CT molecular complexity index is 1410. The van der Waals surface area contributed by atoms with Gasteiger partial charge in [-0.15, -0.1) is 11.3 Å². The number of piperidine rings is 1. The number of aromatic nitrogens is 1. The highest BCUT2D eigenvalue weighted by Gasteiger charge is 2.35. The lowest BCUT2D eigenvalue weighted by molar-refractivity contribution is -0.147. The van der Waals surface area contributed by atoms with Gasteiger partial charge >= 0.3 is 5.97 Å². The molecule has 2 atom stereocenters. The molecule has 0 bridgehead atoms. The molecule has 10 heteroatoms. The fourth-order valence-electron chi connectivity index (χ4n) is 6.10. The van der Waals surface area contributed by atoms with E-state index in [9.17, 15) is 9.90 Å². The van der Waals surface area contributed by atoms with Gasteiger partial charge in [0, 0.05) is 49.8 Å². The number of hydrogen-bond acceptors (Lipinski definition) is 8. The number of thiazole rings is 1. The van der Waals surface area contributed by atoms with Crippen molar-refractivity contribution in [2.24, 2.45) is 5.92 Å². The smallest absolute Gasteiger partial charge is 0.309 e. The third-order valence-corrected chi connectivity index (χ3v) is 9.58. The Labute approximate surface area is 243 Å². The Morgan fingerprint density at radius 3 is 2.78 bits per heavy atom. The molecular weight excluding hydrogens is 545 g/mol. The number of halogens is 1. The summed E-state index contributed by atoms with van der Waals surface area (Å²) in [6, 6.07) is 10.3. The van der Waals surface area contributed by atoms with Crippen LogP contribution in [0.2, 0.25) is 0 Å². The largest absolute Gasteiger partial charge is 0.488 e. The molecule has 3 aromatic rings. The lowest BCUT2D eigenvalue weighted by Gasteiger charge is -2.36. The summed E-state index contributed by atoms with van der Waals surface area (Å²) in [7, 11) is 1.56. The predicted molar refractivity (Wildman–Crippen MR) is 155 cm³/mol. The van der Waals surface area contributed by atoms with Gasteiger partial charge in [-0.3, -0.25) is 9.69 Å². The van der Waals surface area contributed by atoms with Crippen molar-refractivity contribution in [3.8, 4) is 17.0 Å². The molecule has 0 aliphatic carbocycles. The first-order valence-corrected chi connectivity index (χ1v) is 15.1. The summed E-state index contributed by atoms with van der Waals surface area (Å²) in [5.74, 6) is -0.807. The molecule has 3 aliphatic heterocycles. The van der Waals surface area contributed by atoms with E-state index in [1.165, 1.54) is 11.3 Å². The summed E-state index contributed by atoms with van der Waals surface area (Å²) in [6.45, 7) is 6.51. The molecule has 0 radical (unpaired) electrons. The number of carboxylic acid groups (broad SMARTS) is 1. The second-order valence-corrected chi connectivity index (χ2v) is 11.9. The van der Waals surface area contributed by atoms with Crippen LogP contribution >= 0.6 is 11.3 Å². The van der Waals surface area contributed by atoms with E-state index in [0.29, 0.717) is 43.3 Å². The van der Waals surface area contributed by atoms with Crippen molar-refractivity contribution in [3.63, 3.8) is 0 Å². The molecule has 1 N–H and O–H groups in total. The summed E-state index contributed by atoms with van der Waals surface area (Å²) in [4.78, 5) is 21.0. The Morgan fingerprint density at radius 2 is 2.02 bits per heavy atom. The van der Waals surface area contributed by atoms with Crippen molar-refractivity contribution in [2.75, 3.05) is 51.4 Å². The fourth-order valence-corrected chi connectivity index (χ4v) is 6.96. The number of aryl methyl sites for hydroxylation is 1. The maximum absolute atomic E-state index is 15.7. The monoisotopic (exact) mass is 581 g/mol. The zero-order valence-corrected chi connectivity index (χ0v) is 24.3. The van der Waals surface area contributed by atoms with E-state index in [2.05, 4.69) is 15.9 Å². The zero-order chi connectivity index (χ0) is 28.5. The van der Waals surface area contributed by atoms with Crippen molar-refractivity contribution < 1.29 is 28.5 Å². The van der Waals surface area contributed by atoms with Crippen molar-refractivity contribution >= 4 is 22.4 Å². The molecule has 0 unspecified atom stereocenters. The third-order valence-electron chi connectivity index (χ3n) is 8.68. The maximum atomic E-state index is 15.7. The van der Waals surface area contributed by atoms with Gasteiger partial charge in [-0.25, -0.2) is 9.37 Å². The quantitative estimate of drug-likeness (QED) is 0.415. The minimum absolute atomic E-state index is 0.131. The zero-order valence-electron chi connectivity index (χ0n) is 23.5. The molecule has 6 rings (SSSR count). The average molecular weight is 582 g/mol. The van der Waals surface area contributed by atoms with Crippen molar-refractivity contribution in [3.05, 3.63) is 63.8 Å². The van der Waals surface area contributed by atoms with E-state index in [1.807, 2.05) is 36.6 Å². The standard InChI is InChI=1S/C31H36FN3O5S/c1-19-4-3-5-24(26-18-41-31(33-26)35-13-10-25(30(36)37)27(14-35)38-2)29(19)40-15-21-7-6-20-8-11-34(22-16-39-17-22)12-9-23(20)28(21)32/h3-7,18,22,25,27H,8-17H2,1-2H3,(H,36,37)/t25-,27+/m0/s1. The Morgan fingerprint density at radius 1 is 1.20 bits per heavy atom. The van der Waals surface area contributed by atoms with Crippen molar-refractivity contribution in [1.29, 1.82) is 0 Å². The molecule has 8 nitrogen and oxygen atoms in total.